The number of ether oxygens (including phenoxy) is 3. The van der Waals surface area contributed by atoms with Crippen molar-refractivity contribution in [3.8, 4) is 6.07 Å². The monoisotopic (exact) mass is 420 g/mol. The maximum atomic E-state index is 12.1. The van der Waals surface area contributed by atoms with E-state index in [9.17, 15) is 14.4 Å². The number of nitrogen functional groups attached to an aromatic ring is 1. The van der Waals surface area contributed by atoms with Gasteiger partial charge in [-0.3, -0.25) is 0 Å². The third-order valence-electron chi connectivity index (χ3n) is 3.54. The molecule has 0 saturated carbocycles. The van der Waals surface area contributed by atoms with Gasteiger partial charge in [0.15, 0.2) is 6.61 Å². The fourth-order valence-electron chi connectivity index (χ4n) is 2.21. The maximum Gasteiger partial charge on any atom is 0.408 e. The van der Waals surface area contributed by atoms with Gasteiger partial charge in [0, 0.05) is 12.2 Å². The molecule has 4 N–H and O–H groups in total. The summed E-state index contributed by atoms with van der Waals surface area (Å²) in [6.07, 6.45) is -0.881. The normalized spacial score (nSPS) is 11.5. The lowest BCUT2D eigenvalue weighted by atomic mass is 10.1. The molecule has 0 bridgehead atoms. The van der Waals surface area contributed by atoms with Gasteiger partial charge in [-0.15, -0.1) is 0 Å². The quantitative estimate of drug-likeness (QED) is 0.238. The minimum Gasteiger partial charge on any atom is -0.449 e. The number of nitrogens with one attached hydrogen (secondary N) is 2. The van der Waals surface area contributed by atoms with Crippen molar-refractivity contribution in [1.82, 2.24) is 10.6 Å². The molecule has 30 heavy (non-hydrogen) atoms. The van der Waals surface area contributed by atoms with Crippen LogP contribution in [0.1, 0.15) is 39.2 Å². The molecule has 1 unspecified atom stereocenters. The van der Waals surface area contributed by atoms with Crippen LogP contribution in [0.2, 0.25) is 0 Å². The van der Waals surface area contributed by atoms with E-state index in [2.05, 4.69) is 10.6 Å². The molecule has 0 aliphatic heterocycles. The SMILES string of the molecule is CC(C)(C)OC(=O)NC(CCCNC(=O)OCc1ccc(N)cc1)C(=O)OCC#N. The third-order valence-corrected chi connectivity index (χ3v) is 3.54. The average Bonchev–Trinajstić information content (AvgIpc) is 2.66. The molecule has 1 aromatic carbocycles. The summed E-state index contributed by atoms with van der Waals surface area (Å²) in [7, 11) is 0. The molecule has 2 amide bonds. The zero-order chi connectivity index (χ0) is 22.6. The number of hydrogen-bond donors (Lipinski definition) is 3. The molecule has 0 aromatic heterocycles. The summed E-state index contributed by atoms with van der Waals surface area (Å²) >= 11 is 0. The first-order chi connectivity index (χ1) is 14.1. The van der Waals surface area contributed by atoms with Crippen LogP contribution in [0.4, 0.5) is 15.3 Å². The average molecular weight is 420 g/mol. The minimum atomic E-state index is -1.01. The van der Waals surface area contributed by atoms with Crippen molar-refractivity contribution in [2.75, 3.05) is 18.9 Å². The first-order valence-electron chi connectivity index (χ1n) is 9.39. The Morgan fingerprint density at radius 3 is 2.40 bits per heavy atom. The van der Waals surface area contributed by atoms with E-state index in [0.29, 0.717) is 12.1 Å². The van der Waals surface area contributed by atoms with Crippen LogP contribution in [0, 0.1) is 11.3 Å². The molecule has 0 spiro atoms. The number of amides is 2. The summed E-state index contributed by atoms with van der Waals surface area (Å²) in [6, 6.07) is 7.60. The Hall–Kier alpha value is -3.48. The van der Waals surface area contributed by atoms with Crippen LogP contribution in [0.25, 0.3) is 0 Å². The second kappa shape index (κ2) is 12.2. The molecule has 164 valence electrons. The standard InChI is InChI=1S/C20H28N4O6/c1-20(2,3)30-19(27)24-16(17(25)28-12-10-21)5-4-11-23-18(26)29-13-14-6-8-15(22)9-7-14/h6-9,16H,4-5,11-13,22H2,1-3H3,(H,23,26)(H,24,27). The highest BCUT2D eigenvalue weighted by Gasteiger charge is 2.25. The molecule has 0 fully saturated rings. The minimum absolute atomic E-state index is 0.0927. The summed E-state index contributed by atoms with van der Waals surface area (Å²) < 4.78 is 15.0. The van der Waals surface area contributed by atoms with E-state index >= 15 is 0 Å². The summed E-state index contributed by atoms with van der Waals surface area (Å²) in [5.41, 5.74) is 6.27. The fraction of sp³-hybridized carbons (Fsp3) is 0.500. The zero-order valence-corrected chi connectivity index (χ0v) is 17.4. The first kappa shape index (κ1) is 24.6. The smallest absolute Gasteiger partial charge is 0.408 e. The Balaban J connectivity index is 2.42. The highest BCUT2D eigenvalue weighted by atomic mass is 16.6. The maximum absolute atomic E-state index is 12.1. The van der Waals surface area contributed by atoms with Crippen molar-refractivity contribution >= 4 is 23.8 Å². The molecular weight excluding hydrogens is 392 g/mol. The largest absolute Gasteiger partial charge is 0.449 e. The Bertz CT molecular complexity index is 752. The van der Waals surface area contributed by atoms with E-state index < -0.39 is 36.4 Å². The van der Waals surface area contributed by atoms with Crippen molar-refractivity contribution < 1.29 is 28.6 Å². The van der Waals surface area contributed by atoms with Crippen molar-refractivity contribution in [3.63, 3.8) is 0 Å². The van der Waals surface area contributed by atoms with E-state index in [1.807, 2.05) is 0 Å². The Morgan fingerprint density at radius 1 is 1.13 bits per heavy atom. The number of alkyl carbamates (subject to hydrolysis) is 2. The molecule has 0 aliphatic rings. The number of benzene rings is 1. The van der Waals surface area contributed by atoms with Gasteiger partial charge in [-0.1, -0.05) is 12.1 Å². The number of esters is 1. The van der Waals surface area contributed by atoms with Crippen LogP contribution in [0.3, 0.4) is 0 Å². The summed E-state index contributed by atoms with van der Waals surface area (Å²) in [5, 5.41) is 13.5. The number of carbonyl (C=O) groups is 3. The molecule has 1 rings (SSSR count). The molecular formula is C20H28N4O6. The molecule has 0 radical (unpaired) electrons. The Morgan fingerprint density at radius 2 is 1.80 bits per heavy atom. The van der Waals surface area contributed by atoms with Gasteiger partial charge in [0.1, 0.15) is 24.3 Å². The highest BCUT2D eigenvalue weighted by molar-refractivity contribution is 5.81. The Labute approximate surface area is 175 Å². The summed E-state index contributed by atoms with van der Waals surface area (Å²) in [6.45, 7) is 4.94. The van der Waals surface area contributed by atoms with Gasteiger partial charge < -0.3 is 30.6 Å². The zero-order valence-electron chi connectivity index (χ0n) is 17.4. The number of nitrogens with zero attached hydrogens (tertiary/aromatic N) is 1. The van der Waals surface area contributed by atoms with Gasteiger partial charge in [0.25, 0.3) is 0 Å². The van der Waals surface area contributed by atoms with E-state index in [1.54, 1.807) is 51.1 Å². The molecule has 10 nitrogen and oxygen atoms in total. The topological polar surface area (TPSA) is 153 Å². The summed E-state index contributed by atoms with van der Waals surface area (Å²) in [5.74, 6) is -0.756. The van der Waals surface area contributed by atoms with Crippen LogP contribution in [-0.4, -0.2) is 43.0 Å². The number of hydrogen-bond acceptors (Lipinski definition) is 8. The lowest BCUT2D eigenvalue weighted by Gasteiger charge is -2.22. The second-order valence-corrected chi connectivity index (χ2v) is 7.35. The fourth-order valence-corrected chi connectivity index (χ4v) is 2.21. The first-order valence-corrected chi connectivity index (χ1v) is 9.39. The van der Waals surface area contributed by atoms with E-state index in [-0.39, 0.29) is 19.6 Å². The summed E-state index contributed by atoms with van der Waals surface area (Å²) in [4.78, 5) is 35.7. The van der Waals surface area contributed by atoms with Crippen LogP contribution in [0.5, 0.6) is 0 Å². The van der Waals surface area contributed by atoms with Crippen LogP contribution in [0.15, 0.2) is 24.3 Å². The lowest BCUT2D eigenvalue weighted by Crippen LogP contribution is -2.44. The molecule has 10 heteroatoms. The highest BCUT2D eigenvalue weighted by Crippen LogP contribution is 2.09. The van der Waals surface area contributed by atoms with Crippen molar-refractivity contribution in [2.45, 2.75) is 51.9 Å². The van der Waals surface area contributed by atoms with Crippen LogP contribution < -0.4 is 16.4 Å². The van der Waals surface area contributed by atoms with Gasteiger partial charge in [-0.25, -0.2) is 14.4 Å². The van der Waals surface area contributed by atoms with Crippen LogP contribution >= 0.6 is 0 Å². The molecule has 1 atom stereocenters. The van der Waals surface area contributed by atoms with E-state index in [0.717, 1.165) is 5.56 Å². The van der Waals surface area contributed by atoms with Gasteiger partial charge in [-0.05, 0) is 51.3 Å². The predicted molar refractivity (Wildman–Crippen MR) is 108 cm³/mol. The third kappa shape index (κ3) is 10.8. The predicted octanol–water partition coefficient (Wildman–Crippen LogP) is 2.24. The molecule has 0 aliphatic carbocycles. The Kier molecular flexibility index (Phi) is 9.96. The van der Waals surface area contributed by atoms with E-state index in [4.69, 9.17) is 25.2 Å². The molecule has 0 saturated heterocycles. The molecule has 1 aromatic rings. The number of nitrogens with two attached hydrogens (primary N) is 1. The van der Waals surface area contributed by atoms with Crippen molar-refractivity contribution in [3.05, 3.63) is 29.8 Å². The lowest BCUT2D eigenvalue weighted by molar-refractivity contribution is -0.144. The number of carbonyl (C=O) groups excluding carboxylic acids is 3. The number of anilines is 1. The molecule has 0 heterocycles. The van der Waals surface area contributed by atoms with E-state index in [1.165, 1.54) is 0 Å². The van der Waals surface area contributed by atoms with Gasteiger partial charge in [0.05, 0.1) is 0 Å². The second-order valence-electron chi connectivity index (χ2n) is 7.35. The van der Waals surface area contributed by atoms with Crippen LogP contribution in [-0.2, 0) is 25.6 Å². The van der Waals surface area contributed by atoms with Crippen molar-refractivity contribution in [2.24, 2.45) is 0 Å². The van der Waals surface area contributed by atoms with Gasteiger partial charge in [0.2, 0.25) is 0 Å². The van der Waals surface area contributed by atoms with Gasteiger partial charge in [-0.2, -0.15) is 5.26 Å². The number of nitriles is 1. The number of rotatable bonds is 9. The van der Waals surface area contributed by atoms with Crippen molar-refractivity contribution in [1.29, 1.82) is 5.26 Å². The van der Waals surface area contributed by atoms with Gasteiger partial charge >= 0.3 is 18.2 Å².